The fraction of sp³-hybridized carbons (Fsp3) is 0.111. The fourth-order valence-corrected chi connectivity index (χ4v) is 1.46. The van der Waals surface area contributed by atoms with Crippen LogP contribution in [0.25, 0.3) is 0 Å². The Balaban J connectivity index is 3.06. The Bertz CT molecular complexity index is 374. The van der Waals surface area contributed by atoms with Crippen molar-refractivity contribution >= 4 is 43.6 Å². The number of carbonyl (C=O) groups excluding carboxylic acids is 1. The number of ketones is 1. The third kappa shape index (κ3) is 2.65. The van der Waals surface area contributed by atoms with Gasteiger partial charge in [0.15, 0.2) is 5.78 Å². The smallest absolute Gasteiger partial charge is 0.335 e. The third-order valence-corrected chi connectivity index (χ3v) is 2.42. The summed E-state index contributed by atoms with van der Waals surface area (Å²) >= 11 is 6.12. The Morgan fingerprint density at radius 2 is 1.79 bits per heavy atom. The van der Waals surface area contributed by atoms with Gasteiger partial charge in [0.2, 0.25) is 0 Å². The number of hydrogen-bond acceptors (Lipinski definition) is 2. The number of rotatable bonds is 3. The minimum atomic E-state index is -1.04. The largest absolute Gasteiger partial charge is 0.478 e. The van der Waals surface area contributed by atoms with E-state index in [1.165, 1.54) is 12.1 Å². The molecule has 0 unspecified atom stereocenters. The third-order valence-electron chi connectivity index (χ3n) is 1.59. The Kier molecular flexibility index (Phi) is 3.83. The van der Waals surface area contributed by atoms with Crippen LogP contribution in [0.5, 0.6) is 0 Å². The molecule has 0 bridgehead atoms. The summed E-state index contributed by atoms with van der Waals surface area (Å²) in [6, 6.07) is 5.90. The molecule has 1 aromatic rings. The van der Waals surface area contributed by atoms with E-state index in [2.05, 4.69) is 31.9 Å². The Hall–Kier alpha value is -0.680. The second-order valence-corrected chi connectivity index (χ2v) is 5.61. The van der Waals surface area contributed by atoms with E-state index in [-0.39, 0.29) is 11.3 Å². The SMILES string of the molecule is O=C(O)c1cccc(C(=O)C(Br)Br)c1. The molecule has 0 aliphatic heterocycles. The van der Waals surface area contributed by atoms with E-state index < -0.39 is 9.71 Å². The number of halogens is 2. The standard InChI is InChI=1S/C9H6Br2O3/c10-8(11)7(12)5-2-1-3-6(4-5)9(13)14/h1-4,8H,(H,13,14). The monoisotopic (exact) mass is 320 g/mol. The zero-order valence-electron chi connectivity index (χ0n) is 6.91. The molecule has 0 radical (unpaired) electrons. The average Bonchev–Trinajstić information content (AvgIpc) is 2.16. The first-order chi connectivity index (χ1) is 6.52. The van der Waals surface area contributed by atoms with Gasteiger partial charge in [-0.15, -0.1) is 0 Å². The van der Waals surface area contributed by atoms with Gasteiger partial charge in [-0.2, -0.15) is 0 Å². The maximum atomic E-state index is 11.4. The average molecular weight is 322 g/mol. The van der Waals surface area contributed by atoms with Gasteiger partial charge >= 0.3 is 5.97 Å². The van der Waals surface area contributed by atoms with Crippen LogP contribution in [0, 0.1) is 0 Å². The van der Waals surface area contributed by atoms with Gasteiger partial charge in [-0.1, -0.05) is 44.0 Å². The molecule has 0 atom stereocenters. The van der Waals surface area contributed by atoms with Crippen LogP contribution in [-0.2, 0) is 0 Å². The molecule has 0 heterocycles. The Morgan fingerprint density at radius 1 is 1.21 bits per heavy atom. The van der Waals surface area contributed by atoms with E-state index in [9.17, 15) is 9.59 Å². The van der Waals surface area contributed by atoms with Crippen LogP contribution >= 0.6 is 31.9 Å². The Labute approximate surface area is 97.4 Å². The van der Waals surface area contributed by atoms with Crippen molar-refractivity contribution in [1.29, 1.82) is 0 Å². The van der Waals surface area contributed by atoms with Crippen LogP contribution in [0.3, 0.4) is 0 Å². The molecule has 0 saturated carbocycles. The summed E-state index contributed by atoms with van der Waals surface area (Å²) in [4.78, 5) is 22.0. The number of aromatic carboxylic acids is 1. The van der Waals surface area contributed by atoms with Gasteiger partial charge in [-0.25, -0.2) is 4.79 Å². The lowest BCUT2D eigenvalue weighted by atomic mass is 10.1. The molecule has 5 heteroatoms. The lowest BCUT2D eigenvalue weighted by Crippen LogP contribution is -2.08. The molecule has 0 aliphatic rings. The van der Waals surface area contributed by atoms with E-state index in [1.807, 2.05) is 0 Å². The van der Waals surface area contributed by atoms with Gasteiger partial charge in [0.1, 0.15) is 3.74 Å². The number of carboxylic acid groups (broad SMARTS) is 1. The molecule has 74 valence electrons. The summed E-state index contributed by atoms with van der Waals surface area (Å²) in [6.07, 6.45) is 0. The lowest BCUT2D eigenvalue weighted by molar-refractivity contribution is 0.0697. The Morgan fingerprint density at radius 3 is 2.29 bits per heavy atom. The molecule has 1 aromatic carbocycles. The molecular weight excluding hydrogens is 316 g/mol. The highest BCUT2D eigenvalue weighted by Crippen LogP contribution is 2.16. The van der Waals surface area contributed by atoms with Crippen molar-refractivity contribution in [3.05, 3.63) is 35.4 Å². The quantitative estimate of drug-likeness (QED) is 0.688. The van der Waals surface area contributed by atoms with Crippen LogP contribution in [0.15, 0.2) is 24.3 Å². The van der Waals surface area contributed by atoms with Crippen LogP contribution < -0.4 is 0 Å². The van der Waals surface area contributed by atoms with Gasteiger partial charge in [-0.3, -0.25) is 4.79 Å². The molecule has 14 heavy (non-hydrogen) atoms. The van der Waals surface area contributed by atoms with Crippen molar-refractivity contribution in [2.24, 2.45) is 0 Å². The second kappa shape index (κ2) is 4.70. The van der Waals surface area contributed by atoms with Crippen LogP contribution in [0.2, 0.25) is 0 Å². The molecule has 0 fully saturated rings. The van der Waals surface area contributed by atoms with Crippen molar-refractivity contribution in [2.75, 3.05) is 0 Å². The number of benzene rings is 1. The van der Waals surface area contributed by atoms with Crippen LogP contribution in [0.1, 0.15) is 20.7 Å². The van der Waals surface area contributed by atoms with Gasteiger partial charge in [0.25, 0.3) is 0 Å². The number of hydrogen-bond donors (Lipinski definition) is 1. The first-order valence-corrected chi connectivity index (χ1v) is 5.51. The molecule has 0 amide bonds. The lowest BCUT2D eigenvalue weighted by Gasteiger charge is -2.02. The zero-order valence-corrected chi connectivity index (χ0v) is 10.1. The van der Waals surface area contributed by atoms with Gasteiger partial charge in [-0.05, 0) is 12.1 Å². The highest BCUT2D eigenvalue weighted by Gasteiger charge is 2.14. The summed E-state index contributed by atoms with van der Waals surface area (Å²) in [6.45, 7) is 0. The van der Waals surface area contributed by atoms with Gasteiger partial charge in [0, 0.05) is 5.56 Å². The van der Waals surface area contributed by atoms with Crippen LogP contribution in [0.4, 0.5) is 0 Å². The molecule has 0 aromatic heterocycles. The molecule has 0 spiro atoms. The molecule has 1 N–H and O–H groups in total. The van der Waals surface area contributed by atoms with E-state index in [0.29, 0.717) is 5.56 Å². The minimum Gasteiger partial charge on any atom is -0.478 e. The first-order valence-electron chi connectivity index (χ1n) is 3.68. The highest BCUT2D eigenvalue weighted by atomic mass is 79.9. The van der Waals surface area contributed by atoms with Crippen molar-refractivity contribution in [3.63, 3.8) is 0 Å². The number of carbonyl (C=O) groups is 2. The second-order valence-electron chi connectivity index (χ2n) is 2.55. The van der Waals surface area contributed by atoms with Crippen molar-refractivity contribution < 1.29 is 14.7 Å². The van der Waals surface area contributed by atoms with E-state index >= 15 is 0 Å². The van der Waals surface area contributed by atoms with Gasteiger partial charge in [0.05, 0.1) is 5.56 Å². The minimum absolute atomic E-state index is 0.108. The number of carboxylic acids is 1. The zero-order chi connectivity index (χ0) is 10.7. The fourth-order valence-electron chi connectivity index (χ4n) is 0.931. The predicted octanol–water partition coefficient (Wildman–Crippen LogP) is 2.68. The van der Waals surface area contributed by atoms with Crippen molar-refractivity contribution in [3.8, 4) is 0 Å². The molecule has 1 rings (SSSR count). The van der Waals surface area contributed by atoms with E-state index in [1.54, 1.807) is 12.1 Å². The summed E-state index contributed by atoms with van der Waals surface area (Å²) in [5, 5.41) is 8.69. The van der Waals surface area contributed by atoms with Gasteiger partial charge < -0.3 is 5.11 Å². The molecule has 0 saturated heterocycles. The maximum Gasteiger partial charge on any atom is 0.335 e. The number of Topliss-reactive ketones (excluding diaryl/α,β-unsaturated/α-hetero) is 1. The van der Waals surface area contributed by atoms with Crippen LogP contribution in [-0.4, -0.2) is 20.6 Å². The summed E-state index contributed by atoms with van der Waals surface area (Å²) in [7, 11) is 0. The topological polar surface area (TPSA) is 54.4 Å². The van der Waals surface area contributed by atoms with Crippen molar-refractivity contribution in [1.82, 2.24) is 0 Å². The summed E-state index contributed by atoms with van der Waals surface area (Å²) in [5.74, 6) is -1.24. The molecular formula is C9H6Br2O3. The highest BCUT2D eigenvalue weighted by molar-refractivity contribution is 9.25. The van der Waals surface area contributed by atoms with E-state index in [4.69, 9.17) is 5.11 Å². The number of alkyl halides is 2. The van der Waals surface area contributed by atoms with E-state index in [0.717, 1.165) is 0 Å². The summed E-state index contributed by atoms with van der Waals surface area (Å²) < 4.78 is -0.487. The van der Waals surface area contributed by atoms with Crippen molar-refractivity contribution in [2.45, 2.75) is 3.74 Å². The predicted molar refractivity (Wildman–Crippen MR) is 59.4 cm³/mol. The first kappa shape index (κ1) is 11.4. The molecule has 3 nitrogen and oxygen atoms in total. The maximum absolute atomic E-state index is 11.4. The normalized spacial score (nSPS) is 10.2. The summed E-state index contributed by atoms with van der Waals surface area (Å²) in [5.41, 5.74) is 0.472. The molecule has 0 aliphatic carbocycles.